The molecule has 178 valence electrons. The average Bonchev–Trinajstić information content (AvgIpc) is 3.11. The predicted molar refractivity (Wildman–Crippen MR) is 116 cm³/mol. The molecule has 0 bridgehead atoms. The maximum absolute atomic E-state index is 14.4. The highest BCUT2D eigenvalue weighted by atomic mass is 32.2. The van der Waals surface area contributed by atoms with Gasteiger partial charge in [0.25, 0.3) is 10.2 Å². The van der Waals surface area contributed by atoms with Crippen LogP contribution in [0.5, 0.6) is 0 Å². The Kier molecular flexibility index (Phi) is 6.76. The second-order valence-electron chi connectivity index (χ2n) is 8.27. The van der Waals surface area contributed by atoms with Gasteiger partial charge in [-0.2, -0.15) is 13.1 Å². The molecule has 0 radical (unpaired) electrons. The van der Waals surface area contributed by atoms with Crippen LogP contribution in [0.4, 0.5) is 17.6 Å². The number of aromatic nitrogens is 1. The predicted octanol–water partition coefficient (Wildman–Crippen LogP) is 3.50. The van der Waals surface area contributed by atoms with Crippen LogP contribution in [0.1, 0.15) is 24.3 Å². The van der Waals surface area contributed by atoms with Gasteiger partial charge in [0.05, 0.1) is 23.9 Å². The van der Waals surface area contributed by atoms with E-state index in [4.69, 9.17) is 5.11 Å². The molecule has 1 heterocycles. The minimum Gasteiger partial charge on any atom is -0.395 e. The number of rotatable bonds is 9. The molecule has 1 unspecified atom stereocenters. The summed E-state index contributed by atoms with van der Waals surface area (Å²) in [7, 11) is -3.99. The van der Waals surface area contributed by atoms with Crippen molar-refractivity contribution >= 4 is 21.1 Å². The summed E-state index contributed by atoms with van der Waals surface area (Å²) in [5.74, 6) is -2.02. The normalized spacial score (nSPS) is 19.5. The standard InChI is InChI=1S/C22H23F4N3O3S/c23-9-17(11-30)29-33(31,32)27-10-12-5-14(6-12)20-18-7-16(25)8-19(26)22(18)28-21(20)13-1-3-15(24)4-2-13/h1-4,7-8,12,14,17,27-30H,5-6,9-11H2. The summed E-state index contributed by atoms with van der Waals surface area (Å²) in [6, 6.07) is 6.49. The van der Waals surface area contributed by atoms with E-state index < -0.39 is 47.0 Å². The van der Waals surface area contributed by atoms with Gasteiger partial charge in [-0.3, -0.25) is 0 Å². The van der Waals surface area contributed by atoms with E-state index in [9.17, 15) is 26.0 Å². The molecule has 0 amide bonds. The molecule has 1 fully saturated rings. The van der Waals surface area contributed by atoms with Crippen LogP contribution >= 0.6 is 0 Å². The second kappa shape index (κ2) is 9.41. The Morgan fingerprint density at radius 1 is 1.09 bits per heavy atom. The SMILES string of the molecule is O=S(=O)(NCC1CC(c2c(-c3ccc(F)cc3)[nH]c3c(F)cc(F)cc23)C1)NC(CO)CF. The maximum Gasteiger partial charge on any atom is 0.277 e. The van der Waals surface area contributed by atoms with Gasteiger partial charge in [-0.1, -0.05) is 0 Å². The number of aliphatic hydroxyl groups is 1. The molecule has 1 aromatic heterocycles. The van der Waals surface area contributed by atoms with Gasteiger partial charge in [-0.25, -0.2) is 22.3 Å². The van der Waals surface area contributed by atoms with Crippen molar-refractivity contribution in [2.24, 2.45) is 5.92 Å². The molecule has 1 atom stereocenters. The van der Waals surface area contributed by atoms with Crippen LogP contribution in [0.15, 0.2) is 36.4 Å². The molecule has 0 aliphatic heterocycles. The van der Waals surface area contributed by atoms with E-state index >= 15 is 0 Å². The largest absolute Gasteiger partial charge is 0.395 e. The molecule has 4 N–H and O–H groups in total. The van der Waals surface area contributed by atoms with Crippen LogP contribution in [-0.2, 0) is 10.2 Å². The topological polar surface area (TPSA) is 94.2 Å². The van der Waals surface area contributed by atoms with E-state index in [1.165, 1.54) is 18.2 Å². The Morgan fingerprint density at radius 3 is 2.42 bits per heavy atom. The van der Waals surface area contributed by atoms with Crippen LogP contribution in [0.25, 0.3) is 22.2 Å². The Hall–Kier alpha value is -2.47. The first-order valence-corrected chi connectivity index (χ1v) is 11.9. The van der Waals surface area contributed by atoms with E-state index in [1.54, 1.807) is 12.1 Å². The monoisotopic (exact) mass is 485 g/mol. The Bertz CT molecular complexity index is 1240. The van der Waals surface area contributed by atoms with E-state index in [-0.39, 0.29) is 23.9 Å². The number of aromatic amines is 1. The molecule has 0 saturated heterocycles. The van der Waals surface area contributed by atoms with Crippen molar-refractivity contribution in [3.8, 4) is 11.3 Å². The van der Waals surface area contributed by atoms with Gasteiger partial charge >= 0.3 is 0 Å². The number of hydrogen-bond donors (Lipinski definition) is 4. The molecule has 1 saturated carbocycles. The van der Waals surface area contributed by atoms with Crippen molar-refractivity contribution in [2.75, 3.05) is 19.8 Å². The Balaban J connectivity index is 1.54. The lowest BCUT2D eigenvalue weighted by Gasteiger charge is -2.36. The zero-order valence-electron chi connectivity index (χ0n) is 17.4. The second-order valence-corrected chi connectivity index (χ2v) is 9.80. The molecule has 11 heteroatoms. The van der Waals surface area contributed by atoms with Crippen LogP contribution < -0.4 is 9.44 Å². The van der Waals surface area contributed by atoms with Crippen molar-refractivity contribution in [3.05, 3.63) is 59.4 Å². The van der Waals surface area contributed by atoms with E-state index in [2.05, 4.69) is 9.71 Å². The third-order valence-electron chi connectivity index (χ3n) is 5.93. The lowest BCUT2D eigenvalue weighted by atomic mass is 9.70. The highest BCUT2D eigenvalue weighted by molar-refractivity contribution is 7.87. The highest BCUT2D eigenvalue weighted by Crippen LogP contribution is 2.48. The van der Waals surface area contributed by atoms with E-state index in [1.807, 2.05) is 4.72 Å². The molecule has 6 nitrogen and oxygen atoms in total. The first-order chi connectivity index (χ1) is 15.7. The molecule has 4 rings (SSSR count). The maximum atomic E-state index is 14.4. The van der Waals surface area contributed by atoms with Gasteiger partial charge in [-0.05, 0) is 66.1 Å². The highest BCUT2D eigenvalue weighted by Gasteiger charge is 2.35. The number of H-pyrrole nitrogens is 1. The molecular formula is C22H23F4N3O3S. The molecular weight excluding hydrogens is 462 g/mol. The van der Waals surface area contributed by atoms with Crippen LogP contribution in [-0.4, -0.2) is 44.4 Å². The van der Waals surface area contributed by atoms with Gasteiger partial charge < -0.3 is 10.1 Å². The number of hydrogen-bond acceptors (Lipinski definition) is 3. The molecule has 33 heavy (non-hydrogen) atoms. The Morgan fingerprint density at radius 2 is 1.79 bits per heavy atom. The summed E-state index contributed by atoms with van der Waals surface area (Å²) in [6.45, 7) is -1.61. The van der Waals surface area contributed by atoms with Gasteiger partial charge in [0, 0.05) is 18.0 Å². The smallest absolute Gasteiger partial charge is 0.277 e. The van der Waals surface area contributed by atoms with Crippen molar-refractivity contribution in [1.29, 1.82) is 0 Å². The summed E-state index contributed by atoms with van der Waals surface area (Å²) >= 11 is 0. The minimum atomic E-state index is -3.99. The number of halogens is 4. The summed E-state index contributed by atoms with van der Waals surface area (Å²) in [5.41, 5.74) is 2.04. The van der Waals surface area contributed by atoms with Crippen LogP contribution in [0.2, 0.25) is 0 Å². The third-order valence-corrected chi connectivity index (χ3v) is 7.12. The fourth-order valence-corrected chi connectivity index (χ4v) is 5.37. The lowest BCUT2D eigenvalue weighted by Crippen LogP contribution is -2.47. The molecule has 1 aliphatic carbocycles. The number of fused-ring (bicyclic) bond motifs is 1. The summed E-state index contributed by atoms with van der Waals surface area (Å²) in [5, 5.41) is 9.35. The van der Waals surface area contributed by atoms with Crippen LogP contribution in [0.3, 0.4) is 0 Å². The minimum absolute atomic E-state index is 0.0473. The fourth-order valence-electron chi connectivity index (χ4n) is 4.25. The summed E-state index contributed by atoms with van der Waals surface area (Å²) in [6.07, 6.45) is 1.10. The van der Waals surface area contributed by atoms with E-state index in [0.29, 0.717) is 35.0 Å². The van der Waals surface area contributed by atoms with Gasteiger partial charge in [0.1, 0.15) is 24.1 Å². The van der Waals surface area contributed by atoms with Crippen molar-refractivity contribution < 1.29 is 31.1 Å². The summed E-state index contributed by atoms with van der Waals surface area (Å²) in [4.78, 5) is 3.01. The molecule has 0 spiro atoms. The van der Waals surface area contributed by atoms with Gasteiger partial charge in [-0.15, -0.1) is 0 Å². The number of benzene rings is 2. The van der Waals surface area contributed by atoms with Crippen molar-refractivity contribution in [1.82, 2.24) is 14.4 Å². The molecule has 1 aliphatic rings. The third kappa shape index (κ3) is 5.06. The lowest BCUT2D eigenvalue weighted by molar-refractivity contribution is 0.231. The van der Waals surface area contributed by atoms with E-state index in [0.717, 1.165) is 6.07 Å². The molecule has 3 aromatic rings. The Labute approximate surface area is 188 Å². The van der Waals surface area contributed by atoms with Crippen molar-refractivity contribution in [2.45, 2.75) is 24.8 Å². The number of aliphatic hydroxyl groups excluding tert-OH is 1. The van der Waals surface area contributed by atoms with Crippen molar-refractivity contribution in [3.63, 3.8) is 0 Å². The average molecular weight is 486 g/mol. The zero-order chi connectivity index (χ0) is 23.8. The van der Waals surface area contributed by atoms with Gasteiger partial charge in [0.15, 0.2) is 0 Å². The van der Waals surface area contributed by atoms with Gasteiger partial charge in [0.2, 0.25) is 0 Å². The number of nitrogens with one attached hydrogen (secondary N) is 3. The van der Waals surface area contributed by atoms with Crippen LogP contribution in [0, 0.1) is 23.4 Å². The number of alkyl halides is 1. The first-order valence-electron chi connectivity index (χ1n) is 10.4. The zero-order valence-corrected chi connectivity index (χ0v) is 18.2. The fraction of sp³-hybridized carbons (Fsp3) is 0.364. The molecule has 2 aromatic carbocycles. The first kappa shape index (κ1) is 23.7. The quantitative estimate of drug-likeness (QED) is 0.350. The summed E-state index contributed by atoms with van der Waals surface area (Å²) < 4.78 is 82.9.